The van der Waals surface area contributed by atoms with Crippen LogP contribution < -0.4 is 0 Å². The number of nitrogens with zero attached hydrogens (tertiary/aromatic N) is 3. The van der Waals surface area contributed by atoms with Crippen LogP contribution >= 0.6 is 22.7 Å². The molecule has 3 aromatic rings. The summed E-state index contributed by atoms with van der Waals surface area (Å²) >= 11 is 3.64. The molecular formula is C16H18N4S2. The van der Waals surface area contributed by atoms with Gasteiger partial charge in [-0.2, -0.15) is 5.10 Å². The van der Waals surface area contributed by atoms with E-state index in [1.165, 1.54) is 40.6 Å². The molecule has 1 fully saturated rings. The first-order chi connectivity index (χ1) is 10.9. The van der Waals surface area contributed by atoms with Gasteiger partial charge in [-0.15, -0.1) is 22.7 Å². The third-order valence-corrected chi connectivity index (χ3v) is 6.12. The average Bonchev–Trinajstić information content (AvgIpc) is 3.30. The van der Waals surface area contributed by atoms with E-state index in [1.54, 1.807) is 17.5 Å². The normalized spacial score (nSPS) is 19.5. The van der Waals surface area contributed by atoms with Crippen molar-refractivity contribution in [1.29, 1.82) is 0 Å². The van der Waals surface area contributed by atoms with Gasteiger partial charge in [0, 0.05) is 29.2 Å². The van der Waals surface area contributed by atoms with Crippen LogP contribution in [-0.4, -0.2) is 26.6 Å². The summed E-state index contributed by atoms with van der Waals surface area (Å²) in [5.74, 6) is 0. The zero-order valence-corrected chi connectivity index (χ0v) is 13.9. The summed E-state index contributed by atoms with van der Waals surface area (Å²) in [7, 11) is 0. The van der Waals surface area contributed by atoms with Crippen LogP contribution in [0.15, 0.2) is 36.0 Å². The maximum absolute atomic E-state index is 4.54. The second-order valence-corrected chi connectivity index (χ2v) is 7.68. The molecule has 1 N–H and O–H groups in total. The van der Waals surface area contributed by atoms with E-state index in [2.05, 4.69) is 37.6 Å². The van der Waals surface area contributed by atoms with E-state index < -0.39 is 0 Å². The van der Waals surface area contributed by atoms with Gasteiger partial charge in [-0.1, -0.05) is 6.42 Å². The topological polar surface area (TPSA) is 44.8 Å². The van der Waals surface area contributed by atoms with Crippen molar-refractivity contribution in [2.45, 2.75) is 31.8 Å². The maximum Gasteiger partial charge on any atom is 0.110 e. The Morgan fingerprint density at radius 3 is 3.05 bits per heavy atom. The molecule has 4 nitrogen and oxygen atoms in total. The Balaban J connectivity index is 1.52. The van der Waals surface area contributed by atoms with Crippen molar-refractivity contribution in [2.75, 3.05) is 6.54 Å². The molecule has 0 bridgehead atoms. The molecule has 1 aliphatic heterocycles. The first kappa shape index (κ1) is 14.1. The van der Waals surface area contributed by atoms with E-state index in [0.717, 1.165) is 12.2 Å². The van der Waals surface area contributed by atoms with Crippen LogP contribution in [0, 0.1) is 0 Å². The third-order valence-electron chi connectivity index (χ3n) is 4.14. The number of hydrogen-bond acceptors (Lipinski definition) is 5. The van der Waals surface area contributed by atoms with Crippen LogP contribution in [0.5, 0.6) is 0 Å². The highest BCUT2D eigenvalue weighted by Crippen LogP contribution is 2.35. The molecule has 0 aromatic carbocycles. The van der Waals surface area contributed by atoms with Crippen LogP contribution in [0.3, 0.4) is 0 Å². The summed E-state index contributed by atoms with van der Waals surface area (Å²) < 4.78 is 0. The highest BCUT2D eigenvalue weighted by Gasteiger charge is 2.26. The van der Waals surface area contributed by atoms with Crippen LogP contribution in [0.2, 0.25) is 0 Å². The van der Waals surface area contributed by atoms with Gasteiger partial charge in [0.05, 0.1) is 16.6 Å². The first-order valence-electron chi connectivity index (χ1n) is 7.62. The molecule has 3 aromatic heterocycles. The number of H-pyrrole nitrogens is 1. The zero-order chi connectivity index (χ0) is 14.8. The van der Waals surface area contributed by atoms with Crippen LogP contribution in [-0.2, 0) is 6.54 Å². The summed E-state index contributed by atoms with van der Waals surface area (Å²) in [6.07, 6.45) is 7.56. The van der Waals surface area contributed by atoms with E-state index in [9.17, 15) is 0 Å². The second-order valence-electron chi connectivity index (χ2n) is 5.59. The Morgan fingerprint density at radius 2 is 2.23 bits per heavy atom. The maximum atomic E-state index is 4.54. The molecule has 4 heterocycles. The van der Waals surface area contributed by atoms with Gasteiger partial charge in [-0.3, -0.25) is 10.00 Å². The largest absolute Gasteiger partial charge is 0.289 e. The average molecular weight is 330 g/mol. The van der Waals surface area contributed by atoms with E-state index in [0.29, 0.717) is 6.04 Å². The van der Waals surface area contributed by atoms with Gasteiger partial charge in [0.15, 0.2) is 0 Å². The molecule has 1 atom stereocenters. The number of nitrogens with one attached hydrogen (secondary N) is 1. The minimum atomic E-state index is 0.492. The molecule has 0 aliphatic carbocycles. The van der Waals surface area contributed by atoms with Crippen LogP contribution in [0.4, 0.5) is 0 Å². The van der Waals surface area contributed by atoms with Gasteiger partial charge in [0.2, 0.25) is 0 Å². The molecule has 1 aliphatic rings. The van der Waals surface area contributed by atoms with Gasteiger partial charge in [0.1, 0.15) is 5.01 Å². The molecule has 0 unspecified atom stereocenters. The van der Waals surface area contributed by atoms with Crippen molar-refractivity contribution in [2.24, 2.45) is 0 Å². The smallest absolute Gasteiger partial charge is 0.110 e. The highest BCUT2D eigenvalue weighted by molar-refractivity contribution is 7.15. The fraction of sp³-hybridized carbons (Fsp3) is 0.375. The van der Waals surface area contributed by atoms with Crippen molar-refractivity contribution in [1.82, 2.24) is 20.1 Å². The van der Waals surface area contributed by atoms with Crippen molar-refractivity contribution >= 4 is 22.7 Å². The summed E-state index contributed by atoms with van der Waals surface area (Å²) in [4.78, 5) is 9.80. The number of likely N-dealkylation sites (tertiary alicyclic amines) is 1. The fourth-order valence-electron chi connectivity index (χ4n) is 3.06. The number of piperidine rings is 1. The van der Waals surface area contributed by atoms with E-state index in [4.69, 9.17) is 0 Å². The fourth-order valence-corrected chi connectivity index (χ4v) is 4.88. The number of thiazole rings is 1. The lowest BCUT2D eigenvalue weighted by Gasteiger charge is -2.34. The van der Waals surface area contributed by atoms with Gasteiger partial charge >= 0.3 is 0 Å². The Labute approximate surface area is 137 Å². The number of rotatable bonds is 4. The number of aromatic nitrogens is 3. The molecular weight excluding hydrogens is 312 g/mol. The lowest BCUT2D eigenvalue weighted by molar-refractivity contribution is 0.141. The molecule has 22 heavy (non-hydrogen) atoms. The van der Waals surface area contributed by atoms with Gasteiger partial charge in [-0.25, -0.2) is 4.98 Å². The van der Waals surface area contributed by atoms with E-state index in [-0.39, 0.29) is 0 Å². The molecule has 4 rings (SSSR count). The summed E-state index contributed by atoms with van der Waals surface area (Å²) in [6.45, 7) is 2.19. The van der Waals surface area contributed by atoms with Gasteiger partial charge in [0.25, 0.3) is 0 Å². The molecule has 6 heteroatoms. The zero-order valence-electron chi connectivity index (χ0n) is 12.2. The molecule has 0 radical (unpaired) electrons. The second kappa shape index (κ2) is 6.32. The molecule has 1 saturated heterocycles. The lowest BCUT2D eigenvalue weighted by atomic mass is 10.0. The Bertz CT molecular complexity index is 702. The summed E-state index contributed by atoms with van der Waals surface area (Å²) in [6, 6.07) is 6.95. The SMILES string of the molecule is c1cc(-c2ccc(CN3CCCC[C@@H]3c3nccs3)s2)[nH]n1. The van der Waals surface area contributed by atoms with Gasteiger partial charge < -0.3 is 0 Å². The standard InChI is InChI=1S/C16H18N4S2/c1-2-9-20(14(3-1)16-17-8-10-21-16)11-12-4-5-15(22-12)13-6-7-18-19-13/h4-8,10,14H,1-3,9,11H2,(H,18,19)/t14-/m1/s1. The quantitative estimate of drug-likeness (QED) is 0.775. The Hall–Kier alpha value is -1.50. The number of aromatic amines is 1. The Morgan fingerprint density at radius 1 is 1.23 bits per heavy atom. The predicted octanol–water partition coefficient (Wildman–Crippen LogP) is 4.32. The first-order valence-corrected chi connectivity index (χ1v) is 9.31. The monoisotopic (exact) mass is 330 g/mol. The predicted molar refractivity (Wildman–Crippen MR) is 91.0 cm³/mol. The van der Waals surface area contributed by atoms with Crippen molar-refractivity contribution < 1.29 is 0 Å². The van der Waals surface area contributed by atoms with Crippen molar-refractivity contribution in [3.8, 4) is 10.6 Å². The van der Waals surface area contributed by atoms with Crippen molar-refractivity contribution in [3.05, 3.63) is 45.9 Å². The van der Waals surface area contributed by atoms with E-state index >= 15 is 0 Å². The summed E-state index contributed by atoms with van der Waals surface area (Å²) in [5.41, 5.74) is 1.10. The lowest BCUT2D eigenvalue weighted by Crippen LogP contribution is -2.32. The van der Waals surface area contributed by atoms with E-state index in [1.807, 2.05) is 23.6 Å². The molecule has 114 valence electrons. The van der Waals surface area contributed by atoms with Crippen LogP contribution in [0.25, 0.3) is 10.6 Å². The van der Waals surface area contributed by atoms with Gasteiger partial charge in [-0.05, 0) is 37.6 Å². The minimum Gasteiger partial charge on any atom is -0.289 e. The minimum absolute atomic E-state index is 0.492. The molecule has 0 amide bonds. The number of hydrogen-bond donors (Lipinski definition) is 1. The molecule has 0 spiro atoms. The third kappa shape index (κ3) is 2.86. The van der Waals surface area contributed by atoms with Crippen LogP contribution in [0.1, 0.15) is 35.2 Å². The summed E-state index contributed by atoms with van der Waals surface area (Å²) in [5, 5.41) is 10.4. The highest BCUT2D eigenvalue weighted by atomic mass is 32.1. The number of thiophene rings is 1. The molecule has 0 saturated carbocycles. The van der Waals surface area contributed by atoms with Crippen molar-refractivity contribution in [3.63, 3.8) is 0 Å². The Kier molecular flexibility index (Phi) is 4.05.